The lowest BCUT2D eigenvalue weighted by molar-refractivity contribution is 1.37. The van der Waals surface area contributed by atoms with Gasteiger partial charge < -0.3 is 11.1 Å². The number of aromatic nitrogens is 1. The topological polar surface area (TPSA) is 50.9 Å². The third kappa shape index (κ3) is 2.71. The molecule has 104 valence electrons. The summed E-state index contributed by atoms with van der Waals surface area (Å²) >= 11 is 5.12. The summed E-state index contributed by atoms with van der Waals surface area (Å²) in [6.07, 6.45) is 1.82. The molecule has 0 aliphatic rings. The lowest BCUT2D eigenvalue weighted by atomic mass is 10.1. The highest BCUT2D eigenvalue weighted by atomic mass is 32.1. The van der Waals surface area contributed by atoms with Gasteiger partial charge in [0.25, 0.3) is 0 Å². The van der Waals surface area contributed by atoms with E-state index in [9.17, 15) is 0 Å². The van der Waals surface area contributed by atoms with Gasteiger partial charge in [-0.2, -0.15) is 0 Å². The van der Waals surface area contributed by atoms with Gasteiger partial charge in [0, 0.05) is 10.9 Å². The van der Waals surface area contributed by atoms with Crippen LogP contribution < -0.4 is 11.1 Å². The van der Waals surface area contributed by atoms with Gasteiger partial charge in [0.15, 0.2) is 0 Å². The maximum Gasteiger partial charge on any atom is 0.106 e. The Morgan fingerprint density at radius 2 is 1.95 bits per heavy atom. The minimum absolute atomic E-state index is 0.384. The fraction of sp³-hybridized carbons (Fsp3) is 0.0588. The van der Waals surface area contributed by atoms with Crippen LogP contribution in [0.15, 0.2) is 54.7 Å². The van der Waals surface area contributed by atoms with Gasteiger partial charge in [0.05, 0.1) is 23.1 Å². The van der Waals surface area contributed by atoms with Crippen LogP contribution in [0.1, 0.15) is 11.1 Å². The lowest BCUT2D eigenvalue weighted by Crippen LogP contribution is -2.12. The SMILES string of the molecule is Cc1cccc(C(N)=S)c1Nc1cnc2ccccc2c1. The molecule has 21 heavy (non-hydrogen) atoms. The van der Waals surface area contributed by atoms with E-state index in [-0.39, 0.29) is 0 Å². The molecule has 0 saturated carbocycles. The van der Waals surface area contributed by atoms with Crippen LogP contribution in [-0.4, -0.2) is 9.97 Å². The second-order valence-electron chi connectivity index (χ2n) is 4.90. The van der Waals surface area contributed by atoms with Crippen LogP contribution in [0.25, 0.3) is 10.9 Å². The largest absolute Gasteiger partial charge is 0.389 e. The molecule has 2 aromatic carbocycles. The Kier molecular flexibility index (Phi) is 3.54. The van der Waals surface area contributed by atoms with Gasteiger partial charge in [-0.1, -0.05) is 42.5 Å². The van der Waals surface area contributed by atoms with Crippen LogP contribution in [0.5, 0.6) is 0 Å². The van der Waals surface area contributed by atoms with Crippen molar-refractivity contribution in [3.05, 3.63) is 65.9 Å². The summed E-state index contributed by atoms with van der Waals surface area (Å²) in [5, 5.41) is 4.47. The number of hydrogen-bond acceptors (Lipinski definition) is 3. The number of hydrogen-bond donors (Lipinski definition) is 2. The number of benzene rings is 2. The van der Waals surface area contributed by atoms with Gasteiger partial charge in [-0.25, -0.2) is 0 Å². The molecule has 3 rings (SSSR count). The first-order valence-electron chi connectivity index (χ1n) is 6.66. The number of nitrogens with one attached hydrogen (secondary N) is 1. The van der Waals surface area contributed by atoms with E-state index in [2.05, 4.69) is 16.4 Å². The van der Waals surface area contributed by atoms with Gasteiger partial charge in [-0.3, -0.25) is 4.98 Å². The minimum atomic E-state index is 0.384. The fourth-order valence-corrected chi connectivity index (χ4v) is 2.49. The average molecular weight is 293 g/mol. The Hall–Kier alpha value is -2.46. The molecule has 4 heteroatoms. The summed E-state index contributed by atoms with van der Waals surface area (Å²) in [7, 11) is 0. The number of pyridine rings is 1. The third-order valence-electron chi connectivity index (χ3n) is 3.40. The number of para-hydroxylation sites is 2. The van der Waals surface area contributed by atoms with E-state index in [0.29, 0.717) is 4.99 Å². The Labute approximate surface area is 128 Å². The van der Waals surface area contributed by atoms with E-state index in [4.69, 9.17) is 18.0 Å². The Morgan fingerprint density at radius 3 is 2.76 bits per heavy atom. The molecule has 0 bridgehead atoms. The van der Waals surface area contributed by atoms with Gasteiger partial charge in [0.1, 0.15) is 4.99 Å². The predicted molar refractivity (Wildman–Crippen MR) is 92.1 cm³/mol. The van der Waals surface area contributed by atoms with E-state index in [1.165, 1.54) is 0 Å². The number of thiocarbonyl (C=S) groups is 1. The Balaban J connectivity index is 2.04. The number of nitrogens with zero attached hydrogens (tertiary/aromatic N) is 1. The average Bonchev–Trinajstić information content (AvgIpc) is 2.49. The monoisotopic (exact) mass is 293 g/mol. The maximum atomic E-state index is 5.80. The molecule has 3 N–H and O–H groups in total. The van der Waals surface area contributed by atoms with Gasteiger partial charge >= 0.3 is 0 Å². The highest BCUT2D eigenvalue weighted by Crippen LogP contribution is 2.26. The molecular formula is C17H15N3S. The molecule has 0 atom stereocenters. The van der Waals surface area contributed by atoms with Crippen LogP contribution in [0, 0.1) is 6.92 Å². The highest BCUT2D eigenvalue weighted by molar-refractivity contribution is 7.80. The van der Waals surface area contributed by atoms with Gasteiger partial charge in [0.2, 0.25) is 0 Å². The summed E-state index contributed by atoms with van der Waals surface area (Å²) in [5.74, 6) is 0. The summed E-state index contributed by atoms with van der Waals surface area (Å²) < 4.78 is 0. The quantitative estimate of drug-likeness (QED) is 0.719. The first-order valence-corrected chi connectivity index (χ1v) is 7.07. The zero-order valence-corrected chi connectivity index (χ0v) is 12.4. The first-order chi connectivity index (χ1) is 10.1. The molecule has 0 amide bonds. The summed E-state index contributed by atoms with van der Waals surface area (Å²) in [6.45, 7) is 2.03. The molecule has 0 unspecified atom stereocenters. The molecule has 0 fully saturated rings. The molecule has 0 radical (unpaired) electrons. The number of aryl methyl sites for hydroxylation is 1. The maximum absolute atomic E-state index is 5.80. The Bertz CT molecular complexity index is 827. The summed E-state index contributed by atoms with van der Waals surface area (Å²) in [5.41, 5.74) is 10.6. The molecule has 0 aliphatic carbocycles. The standard InChI is InChI=1S/C17H15N3S/c1-11-5-4-7-14(17(18)21)16(11)20-13-9-12-6-2-3-8-15(12)19-10-13/h2-10,20H,1H3,(H2,18,21). The summed E-state index contributed by atoms with van der Waals surface area (Å²) in [4.78, 5) is 4.84. The first kappa shape index (κ1) is 13.5. The third-order valence-corrected chi connectivity index (χ3v) is 3.62. The van der Waals surface area contributed by atoms with Crippen LogP contribution in [0.4, 0.5) is 11.4 Å². The van der Waals surface area contributed by atoms with Crippen LogP contribution in [-0.2, 0) is 0 Å². The van der Waals surface area contributed by atoms with Gasteiger partial charge in [-0.15, -0.1) is 0 Å². The van der Waals surface area contributed by atoms with Crippen LogP contribution in [0.2, 0.25) is 0 Å². The molecule has 1 heterocycles. The molecule has 3 nitrogen and oxygen atoms in total. The van der Waals surface area contributed by atoms with Crippen molar-refractivity contribution in [3.8, 4) is 0 Å². The number of rotatable bonds is 3. The van der Waals surface area contributed by atoms with Crippen molar-refractivity contribution in [1.82, 2.24) is 4.98 Å². The zero-order chi connectivity index (χ0) is 14.8. The van der Waals surface area contributed by atoms with Crippen molar-refractivity contribution in [1.29, 1.82) is 0 Å². The molecule has 0 saturated heterocycles. The van der Waals surface area contributed by atoms with Crippen LogP contribution >= 0.6 is 12.2 Å². The van der Waals surface area contributed by atoms with E-state index in [1.54, 1.807) is 0 Å². The van der Waals surface area contributed by atoms with Crippen molar-refractivity contribution in [2.24, 2.45) is 5.73 Å². The molecular weight excluding hydrogens is 278 g/mol. The molecule has 0 aliphatic heterocycles. The minimum Gasteiger partial charge on any atom is -0.389 e. The zero-order valence-electron chi connectivity index (χ0n) is 11.6. The lowest BCUT2D eigenvalue weighted by Gasteiger charge is -2.14. The molecule has 1 aromatic heterocycles. The molecule has 3 aromatic rings. The normalized spacial score (nSPS) is 10.5. The smallest absolute Gasteiger partial charge is 0.106 e. The second-order valence-corrected chi connectivity index (χ2v) is 5.34. The Morgan fingerprint density at radius 1 is 1.14 bits per heavy atom. The second kappa shape index (κ2) is 5.50. The van der Waals surface area contributed by atoms with Crippen molar-refractivity contribution in [2.45, 2.75) is 6.92 Å². The number of anilines is 2. The predicted octanol–water partition coefficient (Wildman–Crippen LogP) is 3.92. The number of nitrogens with two attached hydrogens (primary N) is 1. The van der Waals surface area contributed by atoms with E-state index in [0.717, 1.165) is 33.4 Å². The van der Waals surface area contributed by atoms with Crippen molar-refractivity contribution >= 4 is 39.5 Å². The van der Waals surface area contributed by atoms with Gasteiger partial charge in [-0.05, 0) is 30.7 Å². The van der Waals surface area contributed by atoms with Crippen LogP contribution in [0.3, 0.4) is 0 Å². The number of fused-ring (bicyclic) bond motifs is 1. The van der Waals surface area contributed by atoms with Crippen molar-refractivity contribution in [3.63, 3.8) is 0 Å². The summed E-state index contributed by atoms with van der Waals surface area (Å²) in [6, 6.07) is 16.0. The van der Waals surface area contributed by atoms with Crippen molar-refractivity contribution < 1.29 is 0 Å². The van der Waals surface area contributed by atoms with Crippen molar-refractivity contribution in [2.75, 3.05) is 5.32 Å². The fourth-order valence-electron chi connectivity index (χ4n) is 2.32. The van der Waals surface area contributed by atoms with E-state index in [1.807, 2.05) is 55.6 Å². The highest BCUT2D eigenvalue weighted by Gasteiger charge is 2.08. The van der Waals surface area contributed by atoms with E-state index >= 15 is 0 Å². The molecule has 0 spiro atoms. The van der Waals surface area contributed by atoms with E-state index < -0.39 is 0 Å².